The first-order valence-electron chi connectivity index (χ1n) is 9.14. The van der Waals surface area contributed by atoms with Crippen molar-refractivity contribution in [3.05, 3.63) is 47.6 Å². The topological polar surface area (TPSA) is 76.5 Å². The highest BCUT2D eigenvalue weighted by molar-refractivity contribution is 7.21. The van der Waals surface area contributed by atoms with Crippen molar-refractivity contribution in [1.82, 2.24) is 19.3 Å². The lowest BCUT2D eigenvalue weighted by molar-refractivity contribution is 0.0730. The van der Waals surface area contributed by atoms with Gasteiger partial charge in [-0.05, 0) is 19.3 Å². The van der Waals surface area contributed by atoms with Gasteiger partial charge >= 0.3 is 0 Å². The molecular formula is C20H19N5OS. The molecule has 0 bridgehead atoms. The van der Waals surface area contributed by atoms with Crippen LogP contribution in [-0.2, 0) is 0 Å². The van der Waals surface area contributed by atoms with Gasteiger partial charge in [0.25, 0.3) is 5.91 Å². The van der Waals surface area contributed by atoms with Gasteiger partial charge in [-0.1, -0.05) is 30.3 Å². The lowest BCUT2D eigenvalue weighted by atomic mass is 10.1. The fourth-order valence-electron chi connectivity index (χ4n) is 3.73. The molecule has 1 fully saturated rings. The van der Waals surface area contributed by atoms with Gasteiger partial charge in [0.15, 0.2) is 5.65 Å². The molecule has 0 radical (unpaired) electrons. The quantitative estimate of drug-likeness (QED) is 0.576. The number of likely N-dealkylation sites (tertiary alicyclic amines) is 1. The molecule has 5 rings (SSSR count). The van der Waals surface area contributed by atoms with Crippen LogP contribution in [0, 0.1) is 0 Å². The molecule has 0 saturated carbocycles. The monoisotopic (exact) mass is 377 g/mol. The molecule has 4 aromatic rings. The van der Waals surface area contributed by atoms with E-state index >= 15 is 0 Å². The Kier molecular flexibility index (Phi) is 3.82. The van der Waals surface area contributed by atoms with E-state index in [1.165, 1.54) is 17.8 Å². The largest absolute Gasteiger partial charge is 0.397 e. The van der Waals surface area contributed by atoms with Crippen molar-refractivity contribution in [3.8, 4) is 11.4 Å². The maximum absolute atomic E-state index is 13.0. The first kappa shape index (κ1) is 16.3. The molecule has 2 N–H and O–H groups in total. The number of aromatic nitrogens is 3. The molecule has 7 heteroatoms. The lowest BCUT2D eigenvalue weighted by Crippen LogP contribution is -2.35. The number of anilines is 1. The first-order chi connectivity index (χ1) is 13.2. The number of piperidine rings is 1. The molecule has 1 aliphatic rings. The second-order valence-electron chi connectivity index (χ2n) is 6.80. The van der Waals surface area contributed by atoms with Crippen LogP contribution in [0.1, 0.15) is 28.9 Å². The van der Waals surface area contributed by atoms with Gasteiger partial charge in [0.05, 0.1) is 11.1 Å². The number of thiophene rings is 1. The number of carbonyl (C=O) groups excluding carboxylic acids is 1. The zero-order valence-electron chi connectivity index (χ0n) is 14.8. The van der Waals surface area contributed by atoms with E-state index in [2.05, 4.69) is 4.98 Å². The average Bonchev–Trinajstić information content (AvgIpc) is 3.33. The first-order valence-corrected chi connectivity index (χ1v) is 9.95. The average molecular weight is 377 g/mol. The second kappa shape index (κ2) is 6.35. The Morgan fingerprint density at radius 2 is 1.89 bits per heavy atom. The van der Waals surface area contributed by atoms with Gasteiger partial charge in [0.2, 0.25) is 0 Å². The van der Waals surface area contributed by atoms with Gasteiger partial charge in [0.1, 0.15) is 15.5 Å². The summed E-state index contributed by atoms with van der Waals surface area (Å²) < 4.78 is 1.94. The van der Waals surface area contributed by atoms with E-state index in [1.807, 2.05) is 45.8 Å². The fourth-order valence-corrected chi connectivity index (χ4v) is 4.78. The Morgan fingerprint density at radius 1 is 1.11 bits per heavy atom. The van der Waals surface area contributed by atoms with E-state index in [9.17, 15) is 4.79 Å². The van der Waals surface area contributed by atoms with Gasteiger partial charge in [-0.15, -0.1) is 11.3 Å². The SMILES string of the molecule is Nc1c(C(=O)N2CCCCC2)sc2nc(-c3ccccc3)n3ccnc3c12. The van der Waals surface area contributed by atoms with Crippen molar-refractivity contribution >= 4 is 38.8 Å². The van der Waals surface area contributed by atoms with Gasteiger partial charge in [-0.3, -0.25) is 9.20 Å². The number of benzene rings is 1. The molecule has 0 atom stereocenters. The molecule has 0 spiro atoms. The van der Waals surface area contributed by atoms with E-state index in [4.69, 9.17) is 10.7 Å². The number of hydrogen-bond acceptors (Lipinski definition) is 5. The number of hydrogen-bond donors (Lipinski definition) is 1. The van der Waals surface area contributed by atoms with Crippen LogP contribution in [0.3, 0.4) is 0 Å². The van der Waals surface area contributed by atoms with Crippen LogP contribution in [0.4, 0.5) is 5.69 Å². The maximum atomic E-state index is 13.0. The minimum absolute atomic E-state index is 0.0150. The summed E-state index contributed by atoms with van der Waals surface area (Å²) in [6.07, 6.45) is 6.91. The standard InChI is InChI=1S/C20H19N5OS/c21-15-14-18-22-9-12-25(18)17(13-7-3-1-4-8-13)23-19(14)27-16(15)20(26)24-10-5-2-6-11-24/h1,3-4,7-9,12H,2,5-6,10-11,21H2. The molecule has 1 aromatic carbocycles. The second-order valence-corrected chi connectivity index (χ2v) is 7.80. The van der Waals surface area contributed by atoms with Crippen molar-refractivity contribution in [2.75, 3.05) is 18.8 Å². The molecule has 4 heterocycles. The smallest absolute Gasteiger partial charge is 0.266 e. The zero-order valence-corrected chi connectivity index (χ0v) is 15.6. The summed E-state index contributed by atoms with van der Waals surface area (Å²) in [7, 11) is 0. The fraction of sp³-hybridized carbons (Fsp3) is 0.250. The number of nitrogens with zero attached hydrogens (tertiary/aromatic N) is 4. The third-order valence-electron chi connectivity index (χ3n) is 5.10. The van der Waals surface area contributed by atoms with Gasteiger partial charge in [-0.2, -0.15) is 0 Å². The minimum atomic E-state index is 0.0150. The van der Waals surface area contributed by atoms with Crippen molar-refractivity contribution in [3.63, 3.8) is 0 Å². The molecule has 0 aliphatic carbocycles. The Hall–Kier alpha value is -2.93. The van der Waals surface area contributed by atoms with E-state index in [0.717, 1.165) is 53.2 Å². The molecule has 1 amide bonds. The van der Waals surface area contributed by atoms with Crippen LogP contribution in [-0.4, -0.2) is 38.3 Å². The third-order valence-corrected chi connectivity index (χ3v) is 6.18. The predicted octanol–water partition coefficient (Wildman–Crippen LogP) is 3.82. The van der Waals surface area contributed by atoms with Gasteiger partial charge in [-0.25, -0.2) is 9.97 Å². The summed E-state index contributed by atoms with van der Waals surface area (Å²) in [6, 6.07) is 9.98. The Labute approximate surface area is 160 Å². The van der Waals surface area contributed by atoms with Crippen molar-refractivity contribution in [2.24, 2.45) is 0 Å². The van der Waals surface area contributed by atoms with Crippen LogP contribution in [0.25, 0.3) is 27.3 Å². The molecule has 136 valence electrons. The minimum Gasteiger partial charge on any atom is -0.397 e. The summed E-state index contributed by atoms with van der Waals surface area (Å²) in [5.74, 6) is 0.815. The molecular weight excluding hydrogens is 358 g/mol. The van der Waals surface area contributed by atoms with E-state index in [1.54, 1.807) is 6.20 Å². The van der Waals surface area contributed by atoms with Crippen LogP contribution < -0.4 is 5.73 Å². The Morgan fingerprint density at radius 3 is 2.67 bits per heavy atom. The molecule has 1 aliphatic heterocycles. The molecule has 0 unspecified atom stereocenters. The Balaban J connectivity index is 1.71. The van der Waals surface area contributed by atoms with Gasteiger partial charge in [0, 0.05) is 31.0 Å². The number of nitrogens with two attached hydrogens (primary N) is 1. The van der Waals surface area contributed by atoms with E-state index in [0.29, 0.717) is 10.6 Å². The van der Waals surface area contributed by atoms with Crippen LogP contribution in [0.5, 0.6) is 0 Å². The highest BCUT2D eigenvalue weighted by Gasteiger charge is 2.26. The summed E-state index contributed by atoms with van der Waals surface area (Å²) in [4.78, 5) is 25.6. The molecule has 6 nitrogen and oxygen atoms in total. The van der Waals surface area contributed by atoms with Crippen molar-refractivity contribution in [2.45, 2.75) is 19.3 Å². The number of rotatable bonds is 2. The number of fused-ring (bicyclic) bond motifs is 3. The molecule has 3 aromatic heterocycles. The Bertz CT molecular complexity index is 1140. The van der Waals surface area contributed by atoms with E-state index < -0.39 is 0 Å². The summed E-state index contributed by atoms with van der Waals surface area (Å²) in [5.41, 5.74) is 8.66. The zero-order chi connectivity index (χ0) is 18.4. The van der Waals surface area contributed by atoms with Gasteiger partial charge < -0.3 is 10.6 Å². The number of imidazole rings is 1. The highest BCUT2D eigenvalue weighted by atomic mass is 32.1. The summed E-state index contributed by atoms with van der Waals surface area (Å²) in [5, 5.41) is 0.769. The molecule has 27 heavy (non-hydrogen) atoms. The summed E-state index contributed by atoms with van der Waals surface area (Å²) in [6.45, 7) is 1.60. The van der Waals surface area contributed by atoms with Crippen molar-refractivity contribution < 1.29 is 4.79 Å². The number of amides is 1. The predicted molar refractivity (Wildman–Crippen MR) is 108 cm³/mol. The highest BCUT2D eigenvalue weighted by Crippen LogP contribution is 2.37. The van der Waals surface area contributed by atoms with E-state index in [-0.39, 0.29) is 5.91 Å². The van der Waals surface area contributed by atoms with Crippen molar-refractivity contribution in [1.29, 1.82) is 0 Å². The summed E-state index contributed by atoms with van der Waals surface area (Å²) >= 11 is 1.37. The normalized spacial score (nSPS) is 14.9. The number of carbonyl (C=O) groups is 1. The van der Waals surface area contributed by atoms with Crippen LogP contribution in [0.2, 0.25) is 0 Å². The van der Waals surface area contributed by atoms with Crippen LogP contribution in [0.15, 0.2) is 42.7 Å². The number of nitrogen functional groups attached to an aromatic ring is 1. The lowest BCUT2D eigenvalue weighted by Gasteiger charge is -2.26. The molecule has 1 saturated heterocycles. The third kappa shape index (κ3) is 2.57. The maximum Gasteiger partial charge on any atom is 0.266 e. The van der Waals surface area contributed by atoms with Crippen LogP contribution >= 0.6 is 11.3 Å².